The number of carbonyl (C=O) groups is 1. The molecule has 0 saturated carbocycles. The van der Waals surface area contributed by atoms with Crippen molar-refractivity contribution in [3.63, 3.8) is 0 Å². The first-order chi connectivity index (χ1) is 11.3. The highest BCUT2D eigenvalue weighted by Gasteiger charge is 2.15. The molecule has 2 rings (SSSR count). The topological polar surface area (TPSA) is 73.6 Å². The van der Waals surface area contributed by atoms with Gasteiger partial charge in [-0.3, -0.25) is 9.48 Å². The summed E-state index contributed by atoms with van der Waals surface area (Å²) in [5.41, 5.74) is 2.38. The Morgan fingerprint density at radius 1 is 1.38 bits per heavy atom. The van der Waals surface area contributed by atoms with Gasteiger partial charge in [0, 0.05) is 11.3 Å². The fraction of sp³-hybridized carbons (Fsp3) is 0.412. The van der Waals surface area contributed by atoms with Gasteiger partial charge in [-0.05, 0) is 54.9 Å². The summed E-state index contributed by atoms with van der Waals surface area (Å²) in [6, 6.07) is 4.97. The summed E-state index contributed by atoms with van der Waals surface area (Å²) in [7, 11) is 1.51. The molecule has 0 saturated heterocycles. The zero-order chi connectivity index (χ0) is 17.9. The van der Waals surface area contributed by atoms with Gasteiger partial charge in [0.15, 0.2) is 17.3 Å². The molecule has 0 bridgehead atoms. The average molecular weight is 397 g/mol. The van der Waals surface area contributed by atoms with Crippen LogP contribution in [0.25, 0.3) is 0 Å². The molecule has 0 spiro atoms. The van der Waals surface area contributed by atoms with Gasteiger partial charge in [0.25, 0.3) is 0 Å². The molecule has 1 N–H and O–H groups in total. The summed E-state index contributed by atoms with van der Waals surface area (Å²) in [6.07, 6.45) is -0.730. The Morgan fingerprint density at radius 3 is 2.62 bits per heavy atom. The van der Waals surface area contributed by atoms with E-state index in [9.17, 15) is 9.90 Å². The fourth-order valence-electron chi connectivity index (χ4n) is 2.30. The lowest BCUT2D eigenvalue weighted by Gasteiger charge is -2.15. The van der Waals surface area contributed by atoms with E-state index in [-0.39, 0.29) is 12.4 Å². The number of carbonyl (C=O) groups excluding carboxylic acids is 1. The quantitative estimate of drug-likeness (QED) is 0.728. The number of aromatic nitrogens is 2. The molecule has 1 aromatic heterocycles. The number of Topliss-reactive ketones (excluding diaryl/α,β-unsaturated/α-hetero) is 1. The molecule has 2 aromatic rings. The van der Waals surface area contributed by atoms with E-state index in [1.165, 1.54) is 14.0 Å². The van der Waals surface area contributed by atoms with Crippen LogP contribution in [0.2, 0.25) is 0 Å². The second kappa shape index (κ2) is 7.81. The van der Waals surface area contributed by atoms with Crippen molar-refractivity contribution in [2.24, 2.45) is 0 Å². The second-order valence-electron chi connectivity index (χ2n) is 5.55. The molecule has 7 heteroatoms. The van der Waals surface area contributed by atoms with Gasteiger partial charge in [-0.25, -0.2) is 0 Å². The molecular formula is C17H21BrN2O4. The van der Waals surface area contributed by atoms with Crippen LogP contribution in [0.3, 0.4) is 0 Å². The van der Waals surface area contributed by atoms with Gasteiger partial charge in [0.1, 0.15) is 12.7 Å². The normalized spacial score (nSPS) is 12.1. The van der Waals surface area contributed by atoms with E-state index in [2.05, 4.69) is 21.0 Å². The number of nitrogens with zero attached hydrogens (tertiary/aromatic N) is 2. The lowest BCUT2D eigenvalue weighted by atomic mass is 10.1. The van der Waals surface area contributed by atoms with Crippen molar-refractivity contribution in [2.45, 2.75) is 33.4 Å². The lowest BCUT2D eigenvalue weighted by molar-refractivity contribution is 0.0871. The molecular weight excluding hydrogens is 376 g/mol. The molecule has 0 fully saturated rings. The van der Waals surface area contributed by atoms with Gasteiger partial charge in [-0.1, -0.05) is 0 Å². The highest BCUT2D eigenvalue weighted by molar-refractivity contribution is 9.10. The Hall–Kier alpha value is -1.86. The number of aryl methyl sites for hydroxylation is 1. The van der Waals surface area contributed by atoms with Crippen molar-refractivity contribution in [1.82, 2.24) is 9.78 Å². The van der Waals surface area contributed by atoms with E-state index in [0.717, 1.165) is 15.9 Å². The maximum absolute atomic E-state index is 11.4. The van der Waals surface area contributed by atoms with Crippen LogP contribution in [0.15, 0.2) is 22.7 Å². The van der Waals surface area contributed by atoms with Gasteiger partial charge < -0.3 is 14.6 Å². The van der Waals surface area contributed by atoms with Crippen LogP contribution in [0, 0.1) is 13.8 Å². The van der Waals surface area contributed by atoms with Crippen LogP contribution in [0.4, 0.5) is 0 Å². The predicted molar refractivity (Wildman–Crippen MR) is 93.9 cm³/mol. The summed E-state index contributed by atoms with van der Waals surface area (Å²) in [5, 5.41) is 14.6. The third-order valence-electron chi connectivity index (χ3n) is 3.68. The van der Waals surface area contributed by atoms with Gasteiger partial charge in [0.2, 0.25) is 0 Å². The number of ether oxygens (including phenoxy) is 2. The number of aliphatic hydroxyl groups is 1. The minimum Gasteiger partial charge on any atom is -0.493 e. The molecule has 6 nitrogen and oxygen atoms in total. The van der Waals surface area contributed by atoms with Crippen molar-refractivity contribution in [3.05, 3.63) is 39.6 Å². The standard InChI is InChI=1S/C17H21BrN2O4/c1-10-17(18)11(2)20(19-10)8-14(22)9-24-15-6-5-13(12(3)21)7-16(15)23-4/h5-7,14,22H,8-9H2,1-4H3/t14-/m0/s1. The van der Waals surface area contributed by atoms with Gasteiger partial charge in [-0.15, -0.1) is 0 Å². The van der Waals surface area contributed by atoms with E-state index in [1.54, 1.807) is 22.9 Å². The van der Waals surface area contributed by atoms with Crippen LogP contribution in [0.5, 0.6) is 11.5 Å². The Bertz CT molecular complexity index is 742. The number of ketones is 1. The Balaban J connectivity index is 2.02. The number of aliphatic hydroxyl groups excluding tert-OH is 1. The summed E-state index contributed by atoms with van der Waals surface area (Å²) in [4.78, 5) is 11.4. The van der Waals surface area contributed by atoms with E-state index in [1.807, 2.05) is 13.8 Å². The van der Waals surface area contributed by atoms with Crippen molar-refractivity contribution in [3.8, 4) is 11.5 Å². The Labute approximate surface area is 149 Å². The first kappa shape index (κ1) is 18.5. The first-order valence-corrected chi connectivity index (χ1v) is 8.32. The summed E-state index contributed by atoms with van der Waals surface area (Å²) in [6.45, 7) is 5.74. The van der Waals surface area contributed by atoms with Gasteiger partial charge in [-0.2, -0.15) is 5.10 Å². The maximum Gasteiger partial charge on any atom is 0.161 e. The SMILES string of the molecule is COc1cc(C(C)=O)ccc1OC[C@@H](O)Cn1nc(C)c(Br)c1C. The third-order valence-corrected chi connectivity index (χ3v) is 4.83. The van der Waals surface area contributed by atoms with Crippen molar-refractivity contribution in [1.29, 1.82) is 0 Å². The van der Waals surface area contributed by atoms with Crippen LogP contribution in [0.1, 0.15) is 28.7 Å². The largest absolute Gasteiger partial charge is 0.493 e. The number of hydrogen-bond donors (Lipinski definition) is 1. The van der Waals surface area contributed by atoms with E-state index >= 15 is 0 Å². The van der Waals surface area contributed by atoms with Crippen molar-refractivity contribution < 1.29 is 19.4 Å². The lowest BCUT2D eigenvalue weighted by Crippen LogP contribution is -2.25. The van der Waals surface area contributed by atoms with E-state index < -0.39 is 6.10 Å². The van der Waals surface area contributed by atoms with Gasteiger partial charge >= 0.3 is 0 Å². The average Bonchev–Trinajstić information content (AvgIpc) is 2.79. The third kappa shape index (κ3) is 4.15. The minimum absolute atomic E-state index is 0.0463. The van der Waals surface area contributed by atoms with E-state index in [0.29, 0.717) is 23.6 Å². The van der Waals surface area contributed by atoms with Crippen molar-refractivity contribution >= 4 is 21.7 Å². The summed E-state index contributed by atoms with van der Waals surface area (Å²) < 4.78 is 13.6. The molecule has 0 unspecified atom stereocenters. The summed E-state index contributed by atoms with van der Waals surface area (Å²) >= 11 is 3.46. The highest BCUT2D eigenvalue weighted by Crippen LogP contribution is 2.28. The number of rotatable bonds is 7. The minimum atomic E-state index is -0.730. The monoisotopic (exact) mass is 396 g/mol. The second-order valence-corrected chi connectivity index (χ2v) is 6.35. The van der Waals surface area contributed by atoms with Crippen LogP contribution < -0.4 is 9.47 Å². The van der Waals surface area contributed by atoms with E-state index in [4.69, 9.17) is 9.47 Å². The van der Waals surface area contributed by atoms with Gasteiger partial charge in [0.05, 0.1) is 23.8 Å². The molecule has 0 aliphatic heterocycles. The number of benzene rings is 1. The molecule has 1 atom stereocenters. The molecule has 1 heterocycles. The maximum atomic E-state index is 11.4. The number of methoxy groups -OCH3 is 1. The Kier molecular flexibility index (Phi) is 6.01. The Morgan fingerprint density at radius 2 is 2.08 bits per heavy atom. The molecule has 0 amide bonds. The zero-order valence-corrected chi connectivity index (χ0v) is 15.8. The molecule has 0 aliphatic rings. The molecule has 0 aliphatic carbocycles. The highest BCUT2D eigenvalue weighted by atomic mass is 79.9. The molecule has 1 aromatic carbocycles. The molecule has 24 heavy (non-hydrogen) atoms. The van der Waals surface area contributed by atoms with Crippen molar-refractivity contribution in [2.75, 3.05) is 13.7 Å². The zero-order valence-electron chi connectivity index (χ0n) is 14.2. The van der Waals surface area contributed by atoms with Crippen LogP contribution in [-0.4, -0.2) is 40.5 Å². The van der Waals surface area contributed by atoms with Crippen LogP contribution in [-0.2, 0) is 6.54 Å². The fourth-order valence-corrected chi connectivity index (χ4v) is 2.58. The number of halogens is 1. The molecule has 0 radical (unpaired) electrons. The number of hydrogen-bond acceptors (Lipinski definition) is 5. The first-order valence-electron chi connectivity index (χ1n) is 7.52. The summed E-state index contributed by atoms with van der Waals surface area (Å²) in [5.74, 6) is 0.898. The predicted octanol–water partition coefficient (Wildman–Crippen LogP) is 2.91. The molecule has 130 valence electrons. The smallest absolute Gasteiger partial charge is 0.161 e. The van der Waals surface area contributed by atoms with Crippen LogP contribution >= 0.6 is 15.9 Å².